The van der Waals surface area contributed by atoms with Crippen molar-refractivity contribution in [2.75, 3.05) is 19.6 Å². The van der Waals surface area contributed by atoms with E-state index in [0.29, 0.717) is 17.5 Å². The number of nitrogens with zero attached hydrogens (tertiary/aromatic N) is 1. The molecule has 3 N–H and O–H groups in total. The molecule has 2 unspecified atom stereocenters. The van der Waals surface area contributed by atoms with E-state index in [2.05, 4.69) is 5.32 Å². The molecule has 0 bridgehead atoms. The predicted octanol–water partition coefficient (Wildman–Crippen LogP) is 1.70. The monoisotopic (exact) mass is 290 g/mol. The summed E-state index contributed by atoms with van der Waals surface area (Å²) < 4.78 is 0. The smallest absolute Gasteiger partial charge is 0.254 e. The van der Waals surface area contributed by atoms with Crippen molar-refractivity contribution >= 4 is 5.91 Å². The quantitative estimate of drug-likeness (QED) is 0.775. The number of hydrogen-bond donors (Lipinski definition) is 3. The number of phenols is 2. The Morgan fingerprint density at radius 3 is 2.57 bits per heavy atom. The molecule has 2 aliphatic heterocycles. The summed E-state index contributed by atoms with van der Waals surface area (Å²) in [7, 11) is 0. The van der Waals surface area contributed by atoms with Crippen molar-refractivity contribution in [3.8, 4) is 11.5 Å². The van der Waals surface area contributed by atoms with Crippen LogP contribution in [0.2, 0.25) is 0 Å². The number of likely N-dealkylation sites (tertiary alicyclic amines) is 1. The van der Waals surface area contributed by atoms with Gasteiger partial charge in [-0.1, -0.05) is 0 Å². The normalized spacial score (nSPS) is 26.0. The molecule has 21 heavy (non-hydrogen) atoms. The maximum atomic E-state index is 12.5. The van der Waals surface area contributed by atoms with E-state index in [9.17, 15) is 15.0 Å². The molecule has 1 amide bonds. The lowest BCUT2D eigenvalue weighted by atomic mass is 9.89. The molecule has 114 valence electrons. The molecule has 2 fully saturated rings. The zero-order chi connectivity index (χ0) is 14.8. The molecule has 5 nitrogen and oxygen atoms in total. The van der Waals surface area contributed by atoms with E-state index in [4.69, 9.17) is 0 Å². The molecular weight excluding hydrogens is 268 g/mol. The first-order valence-electron chi connectivity index (χ1n) is 7.69. The largest absolute Gasteiger partial charge is 0.508 e. The maximum absolute atomic E-state index is 12.5. The Morgan fingerprint density at radius 2 is 1.90 bits per heavy atom. The van der Waals surface area contributed by atoms with Crippen LogP contribution in [0.25, 0.3) is 0 Å². The van der Waals surface area contributed by atoms with Crippen LogP contribution < -0.4 is 5.32 Å². The lowest BCUT2D eigenvalue weighted by Crippen LogP contribution is -2.45. The van der Waals surface area contributed by atoms with Gasteiger partial charge in [0.1, 0.15) is 11.5 Å². The molecule has 1 aromatic carbocycles. The molecule has 0 spiro atoms. The molecule has 0 radical (unpaired) electrons. The number of rotatable bonds is 2. The Hall–Kier alpha value is -1.75. The van der Waals surface area contributed by atoms with Crippen molar-refractivity contribution in [2.45, 2.75) is 31.7 Å². The fourth-order valence-corrected chi connectivity index (χ4v) is 3.54. The van der Waals surface area contributed by atoms with Gasteiger partial charge in [0.05, 0.1) is 0 Å². The van der Waals surface area contributed by atoms with E-state index in [1.807, 2.05) is 4.90 Å². The molecule has 5 heteroatoms. The molecule has 0 aliphatic carbocycles. The lowest BCUT2D eigenvalue weighted by Gasteiger charge is -2.36. The van der Waals surface area contributed by atoms with Crippen LogP contribution in [0.4, 0.5) is 0 Å². The van der Waals surface area contributed by atoms with E-state index >= 15 is 0 Å². The zero-order valence-corrected chi connectivity index (χ0v) is 12.1. The lowest BCUT2D eigenvalue weighted by molar-refractivity contribution is 0.0650. The van der Waals surface area contributed by atoms with Crippen molar-refractivity contribution < 1.29 is 15.0 Å². The zero-order valence-electron chi connectivity index (χ0n) is 12.1. The summed E-state index contributed by atoms with van der Waals surface area (Å²) >= 11 is 0. The van der Waals surface area contributed by atoms with Gasteiger partial charge in [-0.2, -0.15) is 0 Å². The van der Waals surface area contributed by atoms with Crippen molar-refractivity contribution in [1.29, 1.82) is 0 Å². The molecule has 1 aromatic rings. The van der Waals surface area contributed by atoms with E-state index in [0.717, 1.165) is 32.5 Å². The summed E-state index contributed by atoms with van der Waals surface area (Å²) in [4.78, 5) is 14.4. The van der Waals surface area contributed by atoms with Gasteiger partial charge in [-0.05, 0) is 50.3 Å². The van der Waals surface area contributed by atoms with Gasteiger partial charge in [0.15, 0.2) is 0 Å². The van der Waals surface area contributed by atoms with Gasteiger partial charge in [-0.25, -0.2) is 0 Å². The van der Waals surface area contributed by atoms with Gasteiger partial charge in [0, 0.05) is 30.8 Å². The Balaban J connectivity index is 1.71. The number of aromatic hydroxyl groups is 2. The number of amides is 1. The minimum atomic E-state index is -0.108. The van der Waals surface area contributed by atoms with Crippen LogP contribution in [0.3, 0.4) is 0 Å². The van der Waals surface area contributed by atoms with Gasteiger partial charge in [-0.3, -0.25) is 4.79 Å². The van der Waals surface area contributed by atoms with E-state index in [1.54, 1.807) is 0 Å². The van der Waals surface area contributed by atoms with Crippen LogP contribution in [0.5, 0.6) is 11.5 Å². The summed E-state index contributed by atoms with van der Waals surface area (Å²) in [6.07, 6.45) is 4.58. The van der Waals surface area contributed by atoms with Gasteiger partial charge >= 0.3 is 0 Å². The van der Waals surface area contributed by atoms with Crippen LogP contribution in [0, 0.1) is 5.92 Å². The number of carbonyl (C=O) groups excluding carboxylic acids is 1. The average Bonchev–Trinajstić information content (AvgIpc) is 3.00. The van der Waals surface area contributed by atoms with Crippen LogP contribution in [-0.2, 0) is 0 Å². The Kier molecular flexibility index (Phi) is 4.01. The first kappa shape index (κ1) is 14.2. The van der Waals surface area contributed by atoms with Gasteiger partial charge < -0.3 is 20.4 Å². The highest BCUT2D eigenvalue weighted by molar-refractivity contribution is 5.95. The third kappa shape index (κ3) is 3.13. The average molecular weight is 290 g/mol. The van der Waals surface area contributed by atoms with Crippen molar-refractivity contribution in [1.82, 2.24) is 10.2 Å². The van der Waals surface area contributed by atoms with E-state index in [1.165, 1.54) is 31.0 Å². The molecule has 2 aliphatic rings. The predicted molar refractivity (Wildman–Crippen MR) is 79.4 cm³/mol. The summed E-state index contributed by atoms with van der Waals surface area (Å²) in [5.74, 6) is 0.244. The SMILES string of the molecule is O=C(c1cc(O)cc(O)c1)N1CCCC(C2CCCN2)C1. The van der Waals surface area contributed by atoms with Gasteiger partial charge in [0.25, 0.3) is 5.91 Å². The molecule has 2 heterocycles. The maximum Gasteiger partial charge on any atom is 0.254 e. The molecule has 3 rings (SSSR count). The van der Waals surface area contributed by atoms with E-state index < -0.39 is 0 Å². The molecule has 2 atom stereocenters. The molecule has 0 saturated carbocycles. The van der Waals surface area contributed by atoms with Gasteiger partial charge in [-0.15, -0.1) is 0 Å². The molecular formula is C16H22N2O3. The Morgan fingerprint density at radius 1 is 1.14 bits per heavy atom. The second-order valence-corrected chi connectivity index (χ2v) is 6.09. The summed E-state index contributed by atoms with van der Waals surface area (Å²) in [5.41, 5.74) is 0.354. The first-order chi connectivity index (χ1) is 10.1. The number of carbonyl (C=O) groups is 1. The Bertz CT molecular complexity index is 506. The minimum absolute atomic E-state index is 0.0793. The van der Waals surface area contributed by atoms with Crippen molar-refractivity contribution in [2.24, 2.45) is 5.92 Å². The standard InChI is InChI=1S/C16H22N2O3/c19-13-7-12(8-14(20)9-13)16(21)18-6-2-3-11(10-18)15-4-1-5-17-15/h7-9,11,15,17,19-20H,1-6,10H2. The van der Waals surface area contributed by atoms with Crippen LogP contribution >= 0.6 is 0 Å². The fourth-order valence-electron chi connectivity index (χ4n) is 3.54. The third-order valence-corrected chi connectivity index (χ3v) is 4.56. The highest BCUT2D eigenvalue weighted by Gasteiger charge is 2.31. The summed E-state index contributed by atoms with van der Waals surface area (Å²) in [6, 6.07) is 4.59. The second kappa shape index (κ2) is 5.93. The molecule has 2 saturated heterocycles. The number of hydrogen-bond acceptors (Lipinski definition) is 4. The van der Waals surface area contributed by atoms with Crippen molar-refractivity contribution in [3.05, 3.63) is 23.8 Å². The summed E-state index contributed by atoms with van der Waals surface area (Å²) in [6.45, 7) is 2.58. The second-order valence-electron chi connectivity index (χ2n) is 6.09. The topological polar surface area (TPSA) is 72.8 Å². The van der Waals surface area contributed by atoms with Crippen LogP contribution in [0.1, 0.15) is 36.0 Å². The number of nitrogens with one attached hydrogen (secondary N) is 1. The van der Waals surface area contributed by atoms with E-state index in [-0.39, 0.29) is 17.4 Å². The third-order valence-electron chi connectivity index (χ3n) is 4.56. The highest BCUT2D eigenvalue weighted by Crippen LogP contribution is 2.27. The van der Waals surface area contributed by atoms with Crippen LogP contribution in [-0.4, -0.2) is 46.7 Å². The van der Waals surface area contributed by atoms with Gasteiger partial charge in [0.2, 0.25) is 0 Å². The highest BCUT2D eigenvalue weighted by atomic mass is 16.3. The number of phenolic OH excluding ortho intramolecular Hbond substituents is 2. The number of piperidine rings is 1. The Labute approximate surface area is 124 Å². The fraction of sp³-hybridized carbons (Fsp3) is 0.562. The van der Waals surface area contributed by atoms with Crippen molar-refractivity contribution in [3.63, 3.8) is 0 Å². The first-order valence-corrected chi connectivity index (χ1v) is 7.69. The molecule has 0 aromatic heterocycles. The minimum Gasteiger partial charge on any atom is -0.508 e. The summed E-state index contributed by atoms with van der Waals surface area (Å²) in [5, 5.41) is 22.6. The number of benzene rings is 1. The van der Waals surface area contributed by atoms with Crippen LogP contribution in [0.15, 0.2) is 18.2 Å².